The van der Waals surface area contributed by atoms with E-state index in [1.54, 1.807) is 0 Å². The fraction of sp³-hybridized carbons (Fsp3) is 0. The molecule has 0 saturated heterocycles. The molecular formula is C14H9. The minimum Gasteiger partial charge on any atom is -0.0616 e. The highest BCUT2D eigenvalue weighted by atomic mass is 14.1. The van der Waals surface area contributed by atoms with E-state index in [0.717, 1.165) is 0 Å². The Balaban J connectivity index is 2.56. The zero-order valence-electron chi connectivity index (χ0n) is 7.70. The number of hydrogen-bond acceptors (Lipinski definition) is 0. The fourth-order valence-electron chi connectivity index (χ4n) is 1.89. The number of rotatable bonds is 0. The lowest BCUT2D eigenvalue weighted by molar-refractivity contribution is 1.81. The summed E-state index contributed by atoms with van der Waals surface area (Å²) in [6, 6.07) is 22.1. The van der Waals surface area contributed by atoms with E-state index < -0.39 is 0 Å². The van der Waals surface area contributed by atoms with E-state index in [1.807, 2.05) is 6.07 Å². The molecule has 2 aliphatic rings. The topological polar surface area (TPSA) is 0 Å². The molecule has 0 nitrogen and oxygen atoms in total. The molecule has 0 spiro atoms. The number of hydrogen-bond donors (Lipinski definition) is 0. The lowest BCUT2D eigenvalue weighted by atomic mass is 10.1. The average Bonchev–Trinajstić information content (AvgIpc) is 2.61. The van der Waals surface area contributed by atoms with Gasteiger partial charge in [0, 0.05) is 0 Å². The van der Waals surface area contributed by atoms with Crippen molar-refractivity contribution in [1.82, 2.24) is 0 Å². The van der Waals surface area contributed by atoms with Gasteiger partial charge in [0.2, 0.25) is 0 Å². The van der Waals surface area contributed by atoms with Crippen molar-refractivity contribution in [3.63, 3.8) is 0 Å². The van der Waals surface area contributed by atoms with E-state index in [9.17, 15) is 0 Å². The predicted octanol–water partition coefficient (Wildman–Crippen LogP) is 3.74. The Labute approximate surface area is 83.1 Å². The maximum absolute atomic E-state index is 3.23. The molecule has 14 heavy (non-hydrogen) atoms. The van der Waals surface area contributed by atoms with E-state index in [-0.39, 0.29) is 0 Å². The standard InChI is InChI=1S/C14H9/c1-2-9-13-11(5-1)6-3-7-12-8-4-10-14(12)13/h1-7,9-10H. The Morgan fingerprint density at radius 2 is 1.64 bits per heavy atom. The van der Waals surface area contributed by atoms with Crippen LogP contribution in [0.1, 0.15) is 0 Å². The number of fused-ring (bicyclic) bond motifs is 3. The molecule has 0 bridgehead atoms. The van der Waals surface area contributed by atoms with Crippen molar-refractivity contribution >= 4 is 10.8 Å². The third kappa shape index (κ3) is 1.01. The van der Waals surface area contributed by atoms with Gasteiger partial charge in [0.05, 0.1) is 0 Å². The molecule has 0 heterocycles. The zero-order valence-corrected chi connectivity index (χ0v) is 7.70. The Kier molecular flexibility index (Phi) is 1.54. The molecule has 3 rings (SSSR count). The van der Waals surface area contributed by atoms with Crippen LogP contribution in [0, 0.1) is 6.07 Å². The SMILES string of the molecule is [c]1ccc2c3ccccc3cccc1-2. The summed E-state index contributed by atoms with van der Waals surface area (Å²) < 4.78 is 0. The third-order valence-corrected chi connectivity index (χ3v) is 2.57. The molecule has 0 amide bonds. The average molecular weight is 177 g/mol. The first-order valence-electron chi connectivity index (χ1n) is 4.73. The van der Waals surface area contributed by atoms with Gasteiger partial charge in [-0.25, -0.2) is 0 Å². The van der Waals surface area contributed by atoms with Crippen molar-refractivity contribution in [1.29, 1.82) is 0 Å². The van der Waals surface area contributed by atoms with E-state index in [0.29, 0.717) is 0 Å². The van der Waals surface area contributed by atoms with Crippen molar-refractivity contribution in [2.24, 2.45) is 0 Å². The van der Waals surface area contributed by atoms with E-state index in [1.165, 1.54) is 21.9 Å². The van der Waals surface area contributed by atoms with Crippen LogP contribution in [-0.2, 0) is 0 Å². The van der Waals surface area contributed by atoms with Gasteiger partial charge in [-0.3, -0.25) is 0 Å². The van der Waals surface area contributed by atoms with Gasteiger partial charge >= 0.3 is 0 Å². The summed E-state index contributed by atoms with van der Waals surface area (Å²) in [5.74, 6) is 0. The first-order valence-corrected chi connectivity index (χ1v) is 4.73. The largest absolute Gasteiger partial charge is 0.0616 e. The van der Waals surface area contributed by atoms with Crippen LogP contribution in [0.15, 0.2) is 54.6 Å². The highest BCUT2D eigenvalue weighted by Crippen LogP contribution is 2.29. The van der Waals surface area contributed by atoms with Gasteiger partial charge in [-0.1, -0.05) is 54.6 Å². The van der Waals surface area contributed by atoms with Crippen LogP contribution in [0.2, 0.25) is 0 Å². The summed E-state index contributed by atoms with van der Waals surface area (Å²) in [7, 11) is 0. The summed E-state index contributed by atoms with van der Waals surface area (Å²) in [5, 5.41) is 2.58. The molecule has 0 aromatic heterocycles. The van der Waals surface area contributed by atoms with Crippen LogP contribution in [0.3, 0.4) is 0 Å². The molecular weight excluding hydrogens is 168 g/mol. The van der Waals surface area contributed by atoms with E-state index in [4.69, 9.17) is 0 Å². The predicted molar refractivity (Wildman–Crippen MR) is 59.4 cm³/mol. The van der Waals surface area contributed by atoms with Gasteiger partial charge in [0.1, 0.15) is 0 Å². The van der Waals surface area contributed by atoms with Gasteiger partial charge in [-0.2, -0.15) is 0 Å². The highest BCUT2D eigenvalue weighted by Gasteiger charge is 2.03. The monoisotopic (exact) mass is 177 g/mol. The zero-order chi connectivity index (χ0) is 9.38. The van der Waals surface area contributed by atoms with Gasteiger partial charge in [-0.05, 0) is 28.0 Å². The number of benzene rings is 1. The van der Waals surface area contributed by atoms with Gasteiger partial charge in [0.15, 0.2) is 0 Å². The van der Waals surface area contributed by atoms with Crippen LogP contribution in [0.5, 0.6) is 0 Å². The maximum atomic E-state index is 3.23. The van der Waals surface area contributed by atoms with Crippen LogP contribution in [0.25, 0.3) is 21.9 Å². The minimum absolute atomic E-state index is 1.19. The molecule has 0 saturated carbocycles. The summed E-state index contributed by atoms with van der Waals surface area (Å²) in [6.07, 6.45) is 0. The summed E-state index contributed by atoms with van der Waals surface area (Å²) in [4.78, 5) is 0. The molecule has 1 radical (unpaired) electrons. The highest BCUT2D eigenvalue weighted by molar-refractivity contribution is 5.96. The first-order chi connectivity index (χ1) is 6.95. The molecule has 1 aromatic rings. The van der Waals surface area contributed by atoms with Crippen LogP contribution in [0.4, 0.5) is 0 Å². The Morgan fingerprint density at radius 3 is 2.64 bits per heavy atom. The molecule has 0 aliphatic heterocycles. The smallest absolute Gasteiger partial charge is 0.00987 e. The van der Waals surface area contributed by atoms with Gasteiger partial charge < -0.3 is 0 Å². The summed E-state index contributed by atoms with van der Waals surface area (Å²) in [5.41, 5.74) is 2.47. The fourth-order valence-corrected chi connectivity index (χ4v) is 1.89. The van der Waals surface area contributed by atoms with Gasteiger partial charge in [0.25, 0.3) is 0 Å². The first kappa shape index (κ1) is 7.57. The lowest BCUT2D eigenvalue weighted by Crippen LogP contribution is -1.70. The molecule has 0 unspecified atom stereocenters. The Bertz CT molecular complexity index is 552. The normalized spacial score (nSPS) is 10.9. The quantitative estimate of drug-likeness (QED) is 0.490. The second-order valence-electron chi connectivity index (χ2n) is 3.42. The summed E-state index contributed by atoms with van der Waals surface area (Å²) >= 11 is 0. The van der Waals surface area contributed by atoms with Crippen molar-refractivity contribution in [3.8, 4) is 11.1 Å². The third-order valence-electron chi connectivity index (χ3n) is 2.57. The van der Waals surface area contributed by atoms with Crippen molar-refractivity contribution in [2.75, 3.05) is 0 Å². The molecule has 0 fully saturated rings. The maximum Gasteiger partial charge on any atom is -0.00987 e. The minimum atomic E-state index is 1.19. The van der Waals surface area contributed by atoms with Crippen LogP contribution in [-0.4, -0.2) is 0 Å². The Hall–Kier alpha value is -1.82. The molecule has 0 atom stereocenters. The van der Waals surface area contributed by atoms with Crippen molar-refractivity contribution in [2.45, 2.75) is 0 Å². The van der Waals surface area contributed by atoms with Crippen molar-refractivity contribution < 1.29 is 0 Å². The van der Waals surface area contributed by atoms with Crippen molar-refractivity contribution in [3.05, 3.63) is 60.7 Å². The molecule has 0 N–H and O–H groups in total. The Morgan fingerprint density at radius 1 is 0.786 bits per heavy atom. The molecule has 0 heteroatoms. The summed E-state index contributed by atoms with van der Waals surface area (Å²) in [6.45, 7) is 0. The van der Waals surface area contributed by atoms with Gasteiger partial charge in [-0.15, -0.1) is 0 Å². The van der Waals surface area contributed by atoms with E-state index >= 15 is 0 Å². The van der Waals surface area contributed by atoms with Crippen LogP contribution >= 0.6 is 0 Å². The lowest BCUT2D eigenvalue weighted by Gasteiger charge is -1.96. The molecule has 1 aromatic carbocycles. The molecule has 2 aliphatic carbocycles. The second-order valence-corrected chi connectivity index (χ2v) is 3.42. The van der Waals surface area contributed by atoms with E-state index in [2.05, 4.69) is 54.6 Å². The second kappa shape index (κ2) is 2.85. The van der Waals surface area contributed by atoms with Crippen LogP contribution < -0.4 is 0 Å². The molecule has 65 valence electrons.